The molecule has 0 radical (unpaired) electrons. The van der Waals surface area contributed by atoms with Gasteiger partial charge in [-0.15, -0.1) is 5.10 Å². The minimum Gasteiger partial charge on any atom is -0.497 e. The molecule has 1 fully saturated rings. The maximum absolute atomic E-state index is 13.1. The zero-order valence-electron chi connectivity index (χ0n) is 22.5. The van der Waals surface area contributed by atoms with Gasteiger partial charge in [-0.2, -0.15) is 0 Å². The molecule has 11 nitrogen and oxygen atoms in total. The zero-order chi connectivity index (χ0) is 27.0. The van der Waals surface area contributed by atoms with Gasteiger partial charge < -0.3 is 19.2 Å². The number of pyridine rings is 1. The Balaban J connectivity index is 1.33. The number of rotatable bonds is 12. The van der Waals surface area contributed by atoms with Gasteiger partial charge >= 0.3 is 0 Å². The lowest BCUT2D eigenvalue weighted by Gasteiger charge is -2.28. The van der Waals surface area contributed by atoms with Gasteiger partial charge in [0.05, 0.1) is 46.0 Å². The molecule has 5 rings (SSSR count). The van der Waals surface area contributed by atoms with Crippen molar-refractivity contribution in [3.05, 3.63) is 75.8 Å². The van der Waals surface area contributed by atoms with Gasteiger partial charge in [-0.1, -0.05) is 12.1 Å². The van der Waals surface area contributed by atoms with E-state index < -0.39 is 0 Å². The van der Waals surface area contributed by atoms with E-state index in [1.54, 1.807) is 14.2 Å². The first kappa shape index (κ1) is 26.8. The fourth-order valence-corrected chi connectivity index (χ4v) is 4.83. The van der Waals surface area contributed by atoms with Gasteiger partial charge in [0.2, 0.25) is 0 Å². The summed E-state index contributed by atoms with van der Waals surface area (Å²) in [6.07, 6.45) is 0.961. The van der Waals surface area contributed by atoms with Gasteiger partial charge in [-0.05, 0) is 64.7 Å². The predicted octanol–water partition coefficient (Wildman–Crippen LogP) is 2.30. The van der Waals surface area contributed by atoms with Crippen molar-refractivity contribution < 1.29 is 14.2 Å². The van der Waals surface area contributed by atoms with Crippen molar-refractivity contribution in [3.8, 4) is 11.5 Å². The predicted molar refractivity (Wildman–Crippen MR) is 147 cm³/mol. The second kappa shape index (κ2) is 12.8. The molecule has 0 aliphatic carbocycles. The van der Waals surface area contributed by atoms with Crippen LogP contribution in [-0.2, 0) is 24.4 Å². The monoisotopic (exact) mass is 533 g/mol. The summed E-state index contributed by atoms with van der Waals surface area (Å²) in [7, 11) is 3.27. The number of methoxy groups -OCH3 is 2. The molecule has 1 saturated heterocycles. The van der Waals surface area contributed by atoms with Gasteiger partial charge in [0.15, 0.2) is 5.82 Å². The highest BCUT2D eigenvalue weighted by molar-refractivity contribution is 5.80. The molecule has 39 heavy (non-hydrogen) atoms. The Morgan fingerprint density at radius 2 is 1.77 bits per heavy atom. The second-order valence-corrected chi connectivity index (χ2v) is 9.70. The highest BCUT2D eigenvalue weighted by Gasteiger charge is 2.17. The fourth-order valence-electron chi connectivity index (χ4n) is 4.83. The summed E-state index contributed by atoms with van der Waals surface area (Å²) in [4.78, 5) is 20.7. The molecule has 1 N–H and O–H groups in total. The van der Waals surface area contributed by atoms with Crippen LogP contribution in [0, 0.1) is 0 Å². The van der Waals surface area contributed by atoms with E-state index in [2.05, 4.69) is 30.3 Å². The number of nitrogens with one attached hydrogen (secondary N) is 1. The highest BCUT2D eigenvalue weighted by atomic mass is 16.5. The molecule has 1 aliphatic rings. The number of benzene rings is 2. The molecule has 2 aromatic carbocycles. The van der Waals surface area contributed by atoms with Crippen molar-refractivity contribution in [2.75, 3.05) is 53.6 Å². The van der Waals surface area contributed by atoms with Crippen LogP contribution in [0.4, 0.5) is 0 Å². The van der Waals surface area contributed by atoms with E-state index in [1.165, 1.54) is 0 Å². The lowest BCUT2D eigenvalue weighted by molar-refractivity contribution is 0.0358. The van der Waals surface area contributed by atoms with Crippen molar-refractivity contribution in [2.45, 2.75) is 26.1 Å². The number of nitrogens with zero attached hydrogens (tertiary/aromatic N) is 6. The quantitative estimate of drug-likeness (QED) is 0.293. The molecular weight excluding hydrogens is 498 g/mol. The molecule has 0 bridgehead atoms. The Labute approximate surface area is 227 Å². The smallest absolute Gasteiger partial charge is 0.252 e. The van der Waals surface area contributed by atoms with Crippen LogP contribution in [0.5, 0.6) is 11.5 Å². The first-order valence-electron chi connectivity index (χ1n) is 13.2. The Bertz CT molecular complexity index is 1410. The van der Waals surface area contributed by atoms with Crippen LogP contribution in [0.3, 0.4) is 0 Å². The fraction of sp³-hybridized carbons (Fsp3) is 0.429. The molecule has 2 aromatic heterocycles. The maximum atomic E-state index is 13.1. The molecule has 4 aromatic rings. The van der Waals surface area contributed by atoms with Crippen LogP contribution in [-0.4, -0.2) is 88.6 Å². The first-order chi connectivity index (χ1) is 19.1. The topological polar surface area (TPSA) is 111 Å². The summed E-state index contributed by atoms with van der Waals surface area (Å²) >= 11 is 0. The van der Waals surface area contributed by atoms with Gasteiger partial charge in [0, 0.05) is 37.8 Å². The van der Waals surface area contributed by atoms with E-state index in [1.807, 2.05) is 53.2 Å². The Kier molecular flexibility index (Phi) is 8.82. The van der Waals surface area contributed by atoms with E-state index in [0.29, 0.717) is 30.9 Å². The van der Waals surface area contributed by atoms with Gasteiger partial charge in [-0.3, -0.25) is 14.6 Å². The number of hydrogen-bond donors (Lipinski definition) is 1. The van der Waals surface area contributed by atoms with Crippen LogP contribution < -0.4 is 15.0 Å². The van der Waals surface area contributed by atoms with Gasteiger partial charge in [-0.25, -0.2) is 4.68 Å². The number of H-pyrrole nitrogens is 1. The van der Waals surface area contributed by atoms with Crippen molar-refractivity contribution in [3.63, 3.8) is 0 Å². The number of tetrazole rings is 1. The molecule has 206 valence electrons. The molecule has 3 heterocycles. The van der Waals surface area contributed by atoms with E-state index in [-0.39, 0.29) is 5.56 Å². The van der Waals surface area contributed by atoms with Gasteiger partial charge in [0.1, 0.15) is 11.5 Å². The van der Waals surface area contributed by atoms with Crippen LogP contribution in [0.25, 0.3) is 10.9 Å². The van der Waals surface area contributed by atoms with Crippen molar-refractivity contribution in [1.29, 1.82) is 0 Å². The molecule has 11 heteroatoms. The van der Waals surface area contributed by atoms with Crippen molar-refractivity contribution >= 4 is 10.9 Å². The van der Waals surface area contributed by atoms with E-state index >= 15 is 0 Å². The third kappa shape index (κ3) is 6.99. The van der Waals surface area contributed by atoms with Crippen LogP contribution in [0.1, 0.15) is 23.4 Å². The molecule has 0 amide bonds. The Morgan fingerprint density at radius 3 is 2.54 bits per heavy atom. The van der Waals surface area contributed by atoms with Gasteiger partial charge in [0.25, 0.3) is 5.56 Å². The summed E-state index contributed by atoms with van der Waals surface area (Å²) in [6.45, 7) is 6.79. The molecule has 0 saturated carbocycles. The largest absolute Gasteiger partial charge is 0.497 e. The third-order valence-corrected chi connectivity index (χ3v) is 7.04. The number of aromatic nitrogens is 5. The van der Waals surface area contributed by atoms with Crippen molar-refractivity contribution in [2.24, 2.45) is 0 Å². The average Bonchev–Trinajstić information content (AvgIpc) is 3.40. The summed E-state index contributed by atoms with van der Waals surface area (Å²) in [5.41, 5.74) is 2.43. The standard InChI is InChI=1S/C28H35N7O4/c1-37-24-7-4-21(5-8-24)18-35-27(30-31-32-35)20-34(11-3-10-33-12-14-39-15-13-33)19-23-16-22-6-9-25(38-2)17-26(22)29-28(23)36/h4-9,16-17H,3,10-15,18-20H2,1-2H3,(H,29,36). The zero-order valence-corrected chi connectivity index (χ0v) is 22.5. The Hall–Kier alpha value is -3.80. The van der Waals surface area contributed by atoms with Crippen molar-refractivity contribution in [1.82, 2.24) is 35.0 Å². The molecule has 0 unspecified atom stereocenters. The molecule has 1 aliphatic heterocycles. The number of hydrogen-bond acceptors (Lipinski definition) is 9. The van der Waals surface area contributed by atoms with Crippen LogP contribution in [0.2, 0.25) is 0 Å². The number of fused-ring (bicyclic) bond motifs is 1. The molecule has 0 spiro atoms. The SMILES string of the molecule is COc1ccc(Cn2nnnc2CN(CCCN2CCOCC2)Cc2cc3ccc(OC)cc3[nH]c2=O)cc1. The van der Waals surface area contributed by atoms with E-state index in [0.717, 1.165) is 73.9 Å². The summed E-state index contributed by atoms with van der Waals surface area (Å²) in [6, 6.07) is 15.5. The molecular formula is C28H35N7O4. The summed E-state index contributed by atoms with van der Waals surface area (Å²) < 4.78 is 17.9. The lowest BCUT2D eigenvalue weighted by atomic mass is 10.1. The minimum atomic E-state index is -0.105. The van der Waals surface area contributed by atoms with E-state index in [4.69, 9.17) is 14.2 Å². The minimum absolute atomic E-state index is 0.105. The number of morpholine rings is 1. The average molecular weight is 534 g/mol. The first-order valence-corrected chi connectivity index (χ1v) is 13.2. The van der Waals surface area contributed by atoms with Crippen LogP contribution >= 0.6 is 0 Å². The number of ether oxygens (including phenoxy) is 3. The third-order valence-electron chi connectivity index (χ3n) is 7.04. The second-order valence-electron chi connectivity index (χ2n) is 9.70. The number of aromatic amines is 1. The lowest BCUT2D eigenvalue weighted by Crippen LogP contribution is -2.38. The maximum Gasteiger partial charge on any atom is 0.252 e. The normalized spacial score (nSPS) is 14.2. The molecule has 0 atom stereocenters. The van der Waals surface area contributed by atoms with E-state index in [9.17, 15) is 4.79 Å². The van der Waals surface area contributed by atoms with Crippen LogP contribution in [0.15, 0.2) is 53.3 Å². The summed E-state index contributed by atoms with van der Waals surface area (Å²) in [5.74, 6) is 2.26. The highest BCUT2D eigenvalue weighted by Crippen LogP contribution is 2.19. The Morgan fingerprint density at radius 1 is 1.00 bits per heavy atom. The summed E-state index contributed by atoms with van der Waals surface area (Å²) in [5, 5.41) is 13.5.